The first-order chi connectivity index (χ1) is 8.13. The molecule has 0 amide bonds. The highest BCUT2D eigenvalue weighted by Gasteiger charge is 2.24. The lowest BCUT2D eigenvalue weighted by molar-refractivity contribution is 0.298. The van der Waals surface area contributed by atoms with E-state index in [1.807, 2.05) is 14.0 Å². The van der Waals surface area contributed by atoms with Gasteiger partial charge in [0.15, 0.2) is 0 Å². The molecule has 17 heavy (non-hydrogen) atoms. The normalized spacial score (nSPS) is 24.5. The Morgan fingerprint density at radius 1 is 1.53 bits per heavy atom. The highest BCUT2D eigenvalue weighted by Crippen LogP contribution is 2.21. The molecule has 1 aliphatic heterocycles. The molecule has 98 valence electrons. The van der Waals surface area contributed by atoms with Crippen LogP contribution in [0, 0.1) is 17.2 Å². The predicted octanol–water partition coefficient (Wildman–Crippen LogP) is 2.39. The summed E-state index contributed by atoms with van der Waals surface area (Å²) < 4.78 is 0. The summed E-state index contributed by atoms with van der Waals surface area (Å²) >= 11 is 0. The molecule has 1 aliphatic rings. The minimum absolute atomic E-state index is 0.345. The van der Waals surface area contributed by atoms with Crippen molar-refractivity contribution in [3.05, 3.63) is 0 Å². The largest absolute Gasteiger partial charge is 0.303 e. The molecular formula is C14H27N3. The quantitative estimate of drug-likeness (QED) is 0.739. The summed E-state index contributed by atoms with van der Waals surface area (Å²) in [6, 6.07) is 2.35. The number of rotatable bonds is 7. The molecular weight excluding hydrogens is 210 g/mol. The Kier molecular flexibility index (Phi) is 5.94. The maximum atomic E-state index is 9.06. The molecule has 1 saturated heterocycles. The maximum absolute atomic E-state index is 9.06. The summed E-state index contributed by atoms with van der Waals surface area (Å²) in [4.78, 5) is 2.56. The number of likely N-dealkylation sites (tertiary alicyclic amines) is 1. The van der Waals surface area contributed by atoms with Gasteiger partial charge in [-0.15, -0.1) is 0 Å². The molecule has 3 heteroatoms. The average Bonchev–Trinajstić information content (AvgIpc) is 2.77. The number of nitriles is 1. The van der Waals surface area contributed by atoms with Gasteiger partial charge in [-0.25, -0.2) is 0 Å². The number of hydrogen-bond donors (Lipinski definition) is 1. The van der Waals surface area contributed by atoms with Gasteiger partial charge in [-0.2, -0.15) is 5.26 Å². The fourth-order valence-electron chi connectivity index (χ4n) is 2.65. The summed E-state index contributed by atoms with van der Waals surface area (Å²) in [5.74, 6) is 0.923. The molecule has 1 N–H and O–H groups in total. The monoisotopic (exact) mass is 237 g/mol. The van der Waals surface area contributed by atoms with Crippen molar-refractivity contribution >= 4 is 0 Å². The molecule has 2 atom stereocenters. The van der Waals surface area contributed by atoms with Crippen molar-refractivity contribution in [3.63, 3.8) is 0 Å². The van der Waals surface area contributed by atoms with E-state index in [9.17, 15) is 0 Å². The Morgan fingerprint density at radius 2 is 2.29 bits per heavy atom. The zero-order valence-electron chi connectivity index (χ0n) is 11.6. The Labute approximate surface area is 106 Å². The minimum Gasteiger partial charge on any atom is -0.303 e. The summed E-state index contributed by atoms with van der Waals surface area (Å²) in [5, 5.41) is 12.2. The fraction of sp³-hybridized carbons (Fsp3) is 0.929. The molecule has 0 spiro atoms. The van der Waals surface area contributed by atoms with Crippen LogP contribution in [0.5, 0.6) is 0 Å². The second-order valence-corrected chi connectivity index (χ2v) is 5.54. The van der Waals surface area contributed by atoms with Crippen LogP contribution in [0.25, 0.3) is 0 Å². The van der Waals surface area contributed by atoms with Crippen LogP contribution in [-0.2, 0) is 0 Å². The van der Waals surface area contributed by atoms with Crippen molar-refractivity contribution in [2.75, 3.05) is 26.7 Å². The van der Waals surface area contributed by atoms with Crippen LogP contribution in [0.2, 0.25) is 0 Å². The van der Waals surface area contributed by atoms with Gasteiger partial charge < -0.3 is 10.2 Å². The zero-order valence-corrected chi connectivity index (χ0v) is 11.6. The van der Waals surface area contributed by atoms with Crippen molar-refractivity contribution in [3.8, 4) is 6.07 Å². The molecule has 0 aromatic heterocycles. The zero-order chi connectivity index (χ0) is 12.7. The summed E-state index contributed by atoms with van der Waals surface area (Å²) in [6.45, 7) is 7.94. The summed E-state index contributed by atoms with van der Waals surface area (Å²) in [6.07, 6.45) is 6.11. The molecule has 0 aromatic carbocycles. The van der Waals surface area contributed by atoms with E-state index in [2.05, 4.69) is 23.2 Å². The highest BCUT2D eigenvalue weighted by atomic mass is 15.1. The molecule has 0 bridgehead atoms. The SMILES string of the molecule is CCCC1CCN(CCCC(C)(C#N)NC)C1. The standard InChI is InChI=1S/C14H27N3/c1-4-6-13-7-10-17(11-13)9-5-8-14(2,12-15)16-3/h13,16H,4-11H2,1-3H3. The number of nitrogens with zero attached hydrogens (tertiary/aromatic N) is 2. The maximum Gasteiger partial charge on any atom is 0.103 e. The second kappa shape index (κ2) is 6.98. The van der Waals surface area contributed by atoms with E-state index in [1.165, 1.54) is 32.4 Å². The van der Waals surface area contributed by atoms with Crippen molar-refractivity contribution < 1.29 is 0 Å². The Bertz CT molecular complexity index is 259. The van der Waals surface area contributed by atoms with Gasteiger partial charge in [0.25, 0.3) is 0 Å². The molecule has 0 aliphatic carbocycles. The van der Waals surface area contributed by atoms with Crippen LogP contribution < -0.4 is 5.32 Å². The first-order valence-corrected chi connectivity index (χ1v) is 6.96. The van der Waals surface area contributed by atoms with Crippen LogP contribution in [0.15, 0.2) is 0 Å². The van der Waals surface area contributed by atoms with Gasteiger partial charge in [-0.05, 0) is 58.7 Å². The van der Waals surface area contributed by atoms with Gasteiger partial charge in [0.2, 0.25) is 0 Å². The molecule has 3 nitrogen and oxygen atoms in total. The summed E-state index contributed by atoms with van der Waals surface area (Å²) in [5.41, 5.74) is -0.345. The van der Waals surface area contributed by atoms with Crippen molar-refractivity contribution in [2.45, 2.75) is 51.5 Å². The first kappa shape index (κ1) is 14.5. The van der Waals surface area contributed by atoms with Crippen molar-refractivity contribution in [2.24, 2.45) is 5.92 Å². The molecule has 1 heterocycles. The fourth-order valence-corrected chi connectivity index (χ4v) is 2.65. The lowest BCUT2D eigenvalue weighted by Gasteiger charge is -2.22. The van der Waals surface area contributed by atoms with Crippen molar-refractivity contribution in [1.29, 1.82) is 5.26 Å². The smallest absolute Gasteiger partial charge is 0.103 e. The Morgan fingerprint density at radius 3 is 2.88 bits per heavy atom. The van der Waals surface area contributed by atoms with E-state index in [0.29, 0.717) is 0 Å². The number of hydrogen-bond acceptors (Lipinski definition) is 3. The average molecular weight is 237 g/mol. The molecule has 1 fully saturated rings. The van der Waals surface area contributed by atoms with E-state index >= 15 is 0 Å². The predicted molar refractivity (Wildman–Crippen MR) is 71.8 cm³/mol. The van der Waals surface area contributed by atoms with Crippen LogP contribution in [-0.4, -0.2) is 37.1 Å². The molecule has 0 radical (unpaired) electrons. The Hall–Kier alpha value is -0.590. The van der Waals surface area contributed by atoms with Gasteiger partial charge in [-0.3, -0.25) is 0 Å². The second-order valence-electron chi connectivity index (χ2n) is 5.54. The van der Waals surface area contributed by atoms with Gasteiger partial charge in [0.05, 0.1) is 6.07 Å². The van der Waals surface area contributed by atoms with E-state index in [4.69, 9.17) is 5.26 Å². The highest BCUT2D eigenvalue weighted by molar-refractivity contribution is 5.02. The van der Waals surface area contributed by atoms with Crippen molar-refractivity contribution in [1.82, 2.24) is 10.2 Å². The minimum atomic E-state index is -0.345. The van der Waals surface area contributed by atoms with E-state index < -0.39 is 0 Å². The van der Waals surface area contributed by atoms with E-state index in [-0.39, 0.29) is 5.54 Å². The van der Waals surface area contributed by atoms with Crippen LogP contribution in [0.4, 0.5) is 0 Å². The molecule has 0 aromatic rings. The van der Waals surface area contributed by atoms with Gasteiger partial charge in [-0.1, -0.05) is 13.3 Å². The lowest BCUT2D eigenvalue weighted by atomic mass is 9.98. The topological polar surface area (TPSA) is 39.1 Å². The van der Waals surface area contributed by atoms with Gasteiger partial charge in [0, 0.05) is 6.54 Å². The third-order valence-electron chi connectivity index (χ3n) is 4.02. The third kappa shape index (κ3) is 4.65. The van der Waals surface area contributed by atoms with Crippen LogP contribution in [0.1, 0.15) is 46.0 Å². The Balaban J connectivity index is 2.18. The van der Waals surface area contributed by atoms with E-state index in [0.717, 1.165) is 25.3 Å². The molecule has 2 unspecified atom stereocenters. The number of nitrogens with one attached hydrogen (secondary N) is 1. The lowest BCUT2D eigenvalue weighted by Crippen LogP contribution is -2.38. The summed E-state index contributed by atoms with van der Waals surface area (Å²) in [7, 11) is 1.87. The van der Waals surface area contributed by atoms with Crippen LogP contribution in [0.3, 0.4) is 0 Å². The van der Waals surface area contributed by atoms with Crippen LogP contribution >= 0.6 is 0 Å². The van der Waals surface area contributed by atoms with Gasteiger partial charge >= 0.3 is 0 Å². The molecule has 0 saturated carbocycles. The van der Waals surface area contributed by atoms with Gasteiger partial charge in [0.1, 0.15) is 5.54 Å². The molecule has 1 rings (SSSR count). The third-order valence-corrected chi connectivity index (χ3v) is 4.02. The first-order valence-electron chi connectivity index (χ1n) is 6.96. The van der Waals surface area contributed by atoms with E-state index in [1.54, 1.807) is 0 Å².